The molecule has 0 aromatic heterocycles. The fraction of sp³-hybridized carbons (Fsp3) is 0.452. The van der Waals surface area contributed by atoms with Gasteiger partial charge in [-0.05, 0) is 54.8 Å². The first-order valence-electron chi connectivity index (χ1n) is 14.0. The molecule has 2 N–H and O–H groups in total. The van der Waals surface area contributed by atoms with Gasteiger partial charge in [-0.25, -0.2) is 0 Å². The van der Waals surface area contributed by atoms with Gasteiger partial charge < -0.3 is 29.7 Å². The molecule has 1 spiro atoms. The first-order chi connectivity index (χ1) is 19.4. The van der Waals surface area contributed by atoms with Crippen LogP contribution in [0.3, 0.4) is 0 Å². The van der Waals surface area contributed by atoms with Crippen LogP contribution < -0.4 is 20.1 Å². The number of anilines is 1. The number of methoxy groups -OCH3 is 2. The summed E-state index contributed by atoms with van der Waals surface area (Å²) in [5, 5.41) is 6.16. The van der Waals surface area contributed by atoms with Gasteiger partial charge in [-0.2, -0.15) is 0 Å². The molecule has 0 radical (unpaired) electrons. The topological polar surface area (TPSA) is 106 Å². The van der Waals surface area contributed by atoms with Crippen LogP contribution in [0.25, 0.3) is 0 Å². The van der Waals surface area contributed by atoms with Gasteiger partial charge in [0.05, 0.1) is 32.2 Å². The van der Waals surface area contributed by atoms with Crippen LogP contribution in [0.2, 0.25) is 0 Å². The number of carbonyl (C=O) groups is 3. The lowest BCUT2D eigenvalue weighted by Gasteiger charge is -2.34. The highest BCUT2D eigenvalue weighted by molar-refractivity contribution is 6.02. The van der Waals surface area contributed by atoms with E-state index in [0.29, 0.717) is 17.2 Å². The van der Waals surface area contributed by atoms with E-state index < -0.39 is 29.6 Å². The number of hydrogen-bond donors (Lipinski definition) is 2. The molecule has 9 heteroatoms. The van der Waals surface area contributed by atoms with E-state index >= 15 is 0 Å². The predicted molar refractivity (Wildman–Crippen MR) is 148 cm³/mol. The molecule has 1 saturated carbocycles. The second kappa shape index (κ2) is 10.6. The highest BCUT2D eigenvalue weighted by Gasteiger charge is 2.72. The van der Waals surface area contributed by atoms with Gasteiger partial charge in [0, 0.05) is 18.3 Å². The smallest absolute Gasteiger partial charge is 0.246 e. The third-order valence-electron chi connectivity index (χ3n) is 8.72. The van der Waals surface area contributed by atoms with Gasteiger partial charge in [0.15, 0.2) is 0 Å². The number of carbonyl (C=O) groups excluding carboxylic acids is 3. The molecule has 4 aliphatic rings. The maximum absolute atomic E-state index is 14.2. The van der Waals surface area contributed by atoms with E-state index in [9.17, 15) is 14.4 Å². The molecule has 5 atom stereocenters. The fourth-order valence-electron chi connectivity index (χ4n) is 6.83. The lowest BCUT2D eigenvalue weighted by Crippen LogP contribution is -2.56. The van der Waals surface area contributed by atoms with Crippen molar-refractivity contribution < 1.29 is 28.6 Å². The average Bonchev–Trinajstić information content (AvgIpc) is 3.61. The van der Waals surface area contributed by atoms with E-state index in [4.69, 9.17) is 14.2 Å². The molecule has 3 amide bonds. The number of nitrogens with one attached hydrogen (secondary N) is 2. The summed E-state index contributed by atoms with van der Waals surface area (Å²) in [7, 11) is 3.17. The molecule has 3 heterocycles. The SMILES string of the molecule is COc1ccc(NC(=O)[C@H]2[C@@H]3C=C[C@]4(O3)[C@@H]2C(=O)N(Cc2cccc(OC)c2)[C@H]4C(=O)NC2CCCCC2)cc1. The summed E-state index contributed by atoms with van der Waals surface area (Å²) < 4.78 is 17.1. The average molecular weight is 546 g/mol. The first kappa shape index (κ1) is 26.4. The predicted octanol–water partition coefficient (Wildman–Crippen LogP) is 3.44. The maximum atomic E-state index is 14.2. The molecule has 3 fully saturated rings. The highest BCUT2D eigenvalue weighted by Crippen LogP contribution is 2.55. The van der Waals surface area contributed by atoms with Gasteiger partial charge >= 0.3 is 0 Å². The summed E-state index contributed by atoms with van der Waals surface area (Å²) in [6.45, 7) is 0.200. The van der Waals surface area contributed by atoms with E-state index in [1.54, 1.807) is 43.4 Å². The fourth-order valence-corrected chi connectivity index (χ4v) is 6.83. The number of hydrogen-bond acceptors (Lipinski definition) is 6. The Morgan fingerprint density at radius 2 is 1.75 bits per heavy atom. The van der Waals surface area contributed by atoms with Crippen LogP contribution in [0.5, 0.6) is 11.5 Å². The Labute approximate surface area is 233 Å². The number of likely N-dealkylation sites (tertiary alicyclic amines) is 1. The Balaban J connectivity index is 1.31. The lowest BCUT2D eigenvalue weighted by atomic mass is 9.74. The van der Waals surface area contributed by atoms with Crippen LogP contribution in [0.1, 0.15) is 37.7 Å². The van der Waals surface area contributed by atoms with Gasteiger partial charge in [-0.15, -0.1) is 0 Å². The molecule has 2 bridgehead atoms. The summed E-state index contributed by atoms with van der Waals surface area (Å²) in [4.78, 5) is 43.4. The third kappa shape index (κ3) is 4.52. The Morgan fingerprint density at radius 3 is 2.48 bits per heavy atom. The zero-order valence-electron chi connectivity index (χ0n) is 22.8. The van der Waals surface area contributed by atoms with Gasteiger partial charge in [0.2, 0.25) is 17.7 Å². The monoisotopic (exact) mass is 545 g/mol. The summed E-state index contributed by atoms with van der Waals surface area (Å²) in [5.41, 5.74) is 0.218. The van der Waals surface area contributed by atoms with Crippen molar-refractivity contribution in [3.05, 3.63) is 66.2 Å². The molecule has 0 unspecified atom stereocenters. The largest absolute Gasteiger partial charge is 0.497 e. The van der Waals surface area contributed by atoms with Crippen LogP contribution in [0.15, 0.2) is 60.7 Å². The minimum Gasteiger partial charge on any atom is -0.497 e. The van der Waals surface area contributed by atoms with Crippen LogP contribution in [0, 0.1) is 11.8 Å². The molecular weight excluding hydrogens is 510 g/mol. The molecule has 2 aromatic rings. The van der Waals surface area contributed by atoms with Gasteiger partial charge in [-0.3, -0.25) is 14.4 Å². The summed E-state index contributed by atoms with van der Waals surface area (Å²) >= 11 is 0. The van der Waals surface area contributed by atoms with Crippen molar-refractivity contribution in [3.63, 3.8) is 0 Å². The molecular formula is C31H35N3O6. The minimum absolute atomic E-state index is 0.0715. The van der Waals surface area contributed by atoms with Crippen LogP contribution in [-0.4, -0.2) is 60.6 Å². The number of ether oxygens (including phenoxy) is 3. The maximum Gasteiger partial charge on any atom is 0.246 e. The second-order valence-electron chi connectivity index (χ2n) is 11.1. The van der Waals surface area contributed by atoms with E-state index in [1.165, 1.54) is 6.42 Å². The molecule has 2 saturated heterocycles. The molecule has 210 valence electrons. The number of amides is 3. The van der Waals surface area contributed by atoms with Gasteiger partial charge in [-0.1, -0.05) is 43.5 Å². The molecule has 1 aliphatic carbocycles. The number of nitrogens with zero attached hydrogens (tertiary/aromatic N) is 1. The van der Waals surface area contributed by atoms with Crippen molar-refractivity contribution in [2.24, 2.45) is 11.8 Å². The number of fused-ring (bicyclic) bond motifs is 1. The quantitative estimate of drug-likeness (QED) is 0.493. The Morgan fingerprint density at radius 1 is 1.00 bits per heavy atom. The molecule has 3 aliphatic heterocycles. The first-order valence-corrected chi connectivity index (χ1v) is 14.0. The zero-order valence-corrected chi connectivity index (χ0v) is 22.8. The third-order valence-corrected chi connectivity index (χ3v) is 8.72. The Bertz CT molecular complexity index is 1320. The van der Waals surface area contributed by atoms with Crippen LogP contribution in [0.4, 0.5) is 5.69 Å². The summed E-state index contributed by atoms with van der Waals surface area (Å²) in [5.74, 6) is -1.03. The van der Waals surface area contributed by atoms with Crippen LogP contribution in [-0.2, 0) is 25.7 Å². The van der Waals surface area contributed by atoms with E-state index in [2.05, 4.69) is 10.6 Å². The standard InChI is InChI=1S/C31H35N3O6/c1-38-22-13-11-21(12-14-22)32-28(35)25-24-15-16-31(40-24)26(25)30(37)34(18-19-7-6-10-23(17-19)39-2)27(31)29(36)33-20-8-4-3-5-9-20/h6-7,10-17,20,24-27H,3-5,8-9,18H2,1-2H3,(H,32,35)(H,33,36)/t24-,25-,26-,27-,31-/m0/s1. The Hall–Kier alpha value is -3.85. The van der Waals surface area contributed by atoms with Crippen molar-refractivity contribution in [2.45, 2.75) is 62.4 Å². The van der Waals surface area contributed by atoms with Crippen molar-refractivity contribution in [1.82, 2.24) is 10.2 Å². The molecule has 40 heavy (non-hydrogen) atoms. The van der Waals surface area contributed by atoms with Gasteiger partial charge in [0.1, 0.15) is 23.1 Å². The molecule has 6 rings (SSSR count). The van der Waals surface area contributed by atoms with E-state index in [0.717, 1.165) is 31.2 Å². The normalized spacial score (nSPS) is 28.9. The summed E-state index contributed by atoms with van der Waals surface area (Å²) in [6, 6.07) is 13.7. The highest BCUT2D eigenvalue weighted by atomic mass is 16.5. The molecule has 9 nitrogen and oxygen atoms in total. The van der Waals surface area contributed by atoms with Gasteiger partial charge in [0.25, 0.3) is 0 Å². The summed E-state index contributed by atoms with van der Waals surface area (Å²) in [6.07, 6.45) is 8.24. The van der Waals surface area contributed by atoms with Crippen molar-refractivity contribution in [3.8, 4) is 11.5 Å². The zero-order chi connectivity index (χ0) is 27.9. The van der Waals surface area contributed by atoms with Crippen molar-refractivity contribution >= 4 is 23.4 Å². The van der Waals surface area contributed by atoms with Crippen molar-refractivity contribution in [2.75, 3.05) is 19.5 Å². The second-order valence-corrected chi connectivity index (χ2v) is 11.1. The van der Waals surface area contributed by atoms with E-state index in [-0.39, 0.29) is 30.3 Å². The van der Waals surface area contributed by atoms with E-state index in [1.807, 2.05) is 36.4 Å². The lowest BCUT2D eigenvalue weighted by molar-refractivity contribution is -0.142. The molecule has 2 aromatic carbocycles. The number of rotatable bonds is 8. The minimum atomic E-state index is -1.21. The van der Waals surface area contributed by atoms with Crippen molar-refractivity contribution in [1.29, 1.82) is 0 Å². The number of benzene rings is 2. The Kier molecular flexibility index (Phi) is 7.00. The van der Waals surface area contributed by atoms with Crippen LogP contribution >= 0.6 is 0 Å².